The monoisotopic (exact) mass is 369 g/mol. The summed E-state index contributed by atoms with van der Waals surface area (Å²) in [5, 5.41) is 0. The summed E-state index contributed by atoms with van der Waals surface area (Å²) in [5.74, 6) is 0.556. The number of aromatic amines is 2. The van der Waals surface area contributed by atoms with E-state index < -0.39 is 11.2 Å². The minimum atomic E-state index is -0.514. The lowest BCUT2D eigenvalue weighted by Gasteiger charge is -2.20. The van der Waals surface area contributed by atoms with Crippen LogP contribution in [-0.4, -0.2) is 43.4 Å². The summed E-state index contributed by atoms with van der Waals surface area (Å²) in [6.07, 6.45) is 1.47. The van der Waals surface area contributed by atoms with Gasteiger partial charge in [0.1, 0.15) is 11.3 Å². The number of H-pyrrole nitrogens is 2. The number of aromatic nitrogens is 4. The number of aryl methyl sites for hydroxylation is 2. The summed E-state index contributed by atoms with van der Waals surface area (Å²) in [6, 6.07) is 10.1. The van der Waals surface area contributed by atoms with Gasteiger partial charge in [-0.3, -0.25) is 19.1 Å². The number of hydrogen-bond acceptors (Lipinski definition) is 4. The Balaban J connectivity index is 1.64. The van der Waals surface area contributed by atoms with Crippen LogP contribution in [0.3, 0.4) is 0 Å². The van der Waals surface area contributed by atoms with Gasteiger partial charge in [-0.25, -0.2) is 9.78 Å². The number of amides is 1. The third-order valence-electron chi connectivity index (χ3n) is 4.63. The summed E-state index contributed by atoms with van der Waals surface area (Å²) < 4.78 is 1.27. The molecular weight excluding hydrogens is 346 g/mol. The first-order chi connectivity index (χ1) is 13.0. The Labute approximate surface area is 155 Å². The number of nitrogens with one attached hydrogen (secondary N) is 2. The first kappa shape index (κ1) is 18.6. The molecule has 3 aromatic rings. The maximum atomic E-state index is 12.5. The van der Waals surface area contributed by atoms with Gasteiger partial charge in [0, 0.05) is 33.0 Å². The van der Waals surface area contributed by atoms with Gasteiger partial charge in [0.2, 0.25) is 5.91 Å². The topological polar surface area (TPSA) is 104 Å². The van der Waals surface area contributed by atoms with Gasteiger partial charge in [0.25, 0.3) is 5.56 Å². The number of likely N-dealkylation sites (N-methyl/N-ethyl adjacent to an activating group) is 1. The summed E-state index contributed by atoms with van der Waals surface area (Å²) >= 11 is 0. The maximum absolute atomic E-state index is 12.5. The molecule has 0 aliphatic rings. The summed E-state index contributed by atoms with van der Waals surface area (Å²) in [4.78, 5) is 47.3. The van der Waals surface area contributed by atoms with Crippen LogP contribution in [0.2, 0.25) is 0 Å². The fourth-order valence-corrected chi connectivity index (χ4v) is 3.02. The molecule has 2 aromatic heterocycles. The summed E-state index contributed by atoms with van der Waals surface area (Å²) in [7, 11) is 1.54. The second-order valence-corrected chi connectivity index (χ2v) is 6.41. The Morgan fingerprint density at radius 3 is 2.59 bits per heavy atom. The zero-order chi connectivity index (χ0) is 19.4. The van der Waals surface area contributed by atoms with E-state index in [1.54, 1.807) is 7.05 Å². The third-order valence-corrected chi connectivity index (χ3v) is 4.63. The molecule has 0 unspecified atom stereocenters. The van der Waals surface area contributed by atoms with Gasteiger partial charge in [-0.2, -0.15) is 0 Å². The van der Waals surface area contributed by atoms with Crippen molar-refractivity contribution in [2.45, 2.75) is 26.2 Å². The van der Waals surface area contributed by atoms with Crippen molar-refractivity contribution in [3.63, 3.8) is 0 Å². The SMILES string of the molecule is CCN(CCc1ccccc1)C(=O)CCc1nc2c([nH]1)c(=O)[nH]c(=O)n2C. The van der Waals surface area contributed by atoms with Crippen LogP contribution >= 0.6 is 0 Å². The van der Waals surface area contributed by atoms with Crippen molar-refractivity contribution in [2.24, 2.45) is 7.05 Å². The normalized spacial score (nSPS) is 11.0. The van der Waals surface area contributed by atoms with Gasteiger partial charge in [0.15, 0.2) is 5.65 Å². The van der Waals surface area contributed by atoms with Crippen molar-refractivity contribution in [3.8, 4) is 0 Å². The van der Waals surface area contributed by atoms with Crippen LogP contribution in [0.15, 0.2) is 39.9 Å². The number of imidazole rings is 1. The van der Waals surface area contributed by atoms with E-state index in [1.165, 1.54) is 10.1 Å². The molecule has 0 saturated heterocycles. The van der Waals surface area contributed by atoms with Crippen molar-refractivity contribution in [1.82, 2.24) is 24.4 Å². The lowest BCUT2D eigenvalue weighted by atomic mass is 10.1. The van der Waals surface area contributed by atoms with Gasteiger partial charge in [-0.1, -0.05) is 30.3 Å². The zero-order valence-electron chi connectivity index (χ0n) is 15.5. The fourth-order valence-electron chi connectivity index (χ4n) is 3.02. The van der Waals surface area contributed by atoms with Gasteiger partial charge in [-0.05, 0) is 18.9 Å². The van der Waals surface area contributed by atoms with Crippen molar-refractivity contribution in [2.75, 3.05) is 13.1 Å². The molecule has 0 fully saturated rings. The van der Waals surface area contributed by atoms with Gasteiger partial charge >= 0.3 is 5.69 Å². The van der Waals surface area contributed by atoms with E-state index in [4.69, 9.17) is 0 Å². The quantitative estimate of drug-likeness (QED) is 0.648. The molecule has 0 atom stereocenters. The Hall–Kier alpha value is -3.16. The van der Waals surface area contributed by atoms with Crippen LogP contribution in [-0.2, 0) is 24.7 Å². The number of carbonyl (C=O) groups is 1. The number of benzene rings is 1. The van der Waals surface area contributed by atoms with Crippen LogP contribution in [0.25, 0.3) is 11.2 Å². The minimum absolute atomic E-state index is 0.0386. The van der Waals surface area contributed by atoms with E-state index in [1.807, 2.05) is 30.0 Å². The molecule has 1 amide bonds. The molecular formula is C19H23N5O3. The van der Waals surface area contributed by atoms with Gasteiger partial charge in [0.05, 0.1) is 0 Å². The van der Waals surface area contributed by atoms with Crippen molar-refractivity contribution >= 4 is 17.1 Å². The molecule has 0 radical (unpaired) electrons. The highest BCUT2D eigenvalue weighted by atomic mass is 16.2. The Bertz CT molecular complexity index is 1050. The molecule has 0 aliphatic carbocycles. The molecule has 0 aliphatic heterocycles. The van der Waals surface area contributed by atoms with Gasteiger partial charge in [-0.15, -0.1) is 0 Å². The molecule has 0 bridgehead atoms. The number of fused-ring (bicyclic) bond motifs is 1. The standard InChI is InChI=1S/C19H23N5O3/c1-3-24(12-11-13-7-5-4-6-8-13)15(25)10-9-14-20-16-17(21-14)23(2)19(27)22-18(16)26/h4-8H,3,9-12H2,1-2H3,(H,20,21)(H,22,26,27). The first-order valence-corrected chi connectivity index (χ1v) is 8.99. The van der Waals surface area contributed by atoms with Crippen LogP contribution in [0, 0.1) is 0 Å². The van der Waals surface area contributed by atoms with E-state index in [0.29, 0.717) is 31.0 Å². The lowest BCUT2D eigenvalue weighted by molar-refractivity contribution is -0.131. The predicted octanol–water partition coefficient (Wildman–Crippen LogP) is 0.974. The number of rotatable bonds is 7. The molecule has 27 heavy (non-hydrogen) atoms. The van der Waals surface area contributed by atoms with Crippen molar-refractivity contribution < 1.29 is 4.79 Å². The van der Waals surface area contributed by atoms with Gasteiger partial charge < -0.3 is 9.88 Å². The first-order valence-electron chi connectivity index (χ1n) is 8.99. The van der Waals surface area contributed by atoms with E-state index in [2.05, 4.69) is 27.1 Å². The zero-order valence-corrected chi connectivity index (χ0v) is 15.5. The largest absolute Gasteiger partial charge is 0.343 e. The summed E-state index contributed by atoms with van der Waals surface area (Å²) in [5.41, 5.74) is 0.718. The number of hydrogen-bond donors (Lipinski definition) is 2. The van der Waals surface area contributed by atoms with E-state index in [-0.39, 0.29) is 17.8 Å². The maximum Gasteiger partial charge on any atom is 0.329 e. The average molecular weight is 369 g/mol. The predicted molar refractivity (Wildman–Crippen MR) is 103 cm³/mol. The molecule has 8 nitrogen and oxygen atoms in total. The fraction of sp³-hybridized carbons (Fsp3) is 0.368. The van der Waals surface area contributed by atoms with Crippen LogP contribution < -0.4 is 11.2 Å². The van der Waals surface area contributed by atoms with Crippen molar-refractivity contribution in [1.29, 1.82) is 0 Å². The van der Waals surface area contributed by atoms with Crippen LogP contribution in [0.5, 0.6) is 0 Å². The Kier molecular flexibility index (Phi) is 5.54. The Morgan fingerprint density at radius 2 is 1.89 bits per heavy atom. The lowest BCUT2D eigenvalue weighted by Crippen LogP contribution is -2.32. The third kappa shape index (κ3) is 4.16. The molecule has 2 N–H and O–H groups in total. The van der Waals surface area contributed by atoms with E-state index >= 15 is 0 Å². The Morgan fingerprint density at radius 1 is 1.15 bits per heavy atom. The molecule has 0 saturated carbocycles. The highest BCUT2D eigenvalue weighted by Crippen LogP contribution is 2.08. The summed E-state index contributed by atoms with van der Waals surface area (Å²) in [6.45, 7) is 3.26. The highest BCUT2D eigenvalue weighted by Gasteiger charge is 2.15. The molecule has 3 rings (SSSR count). The smallest absolute Gasteiger partial charge is 0.329 e. The van der Waals surface area contributed by atoms with Crippen LogP contribution in [0.4, 0.5) is 0 Å². The molecule has 1 aromatic carbocycles. The molecule has 142 valence electrons. The molecule has 2 heterocycles. The molecule has 8 heteroatoms. The number of nitrogens with zero attached hydrogens (tertiary/aromatic N) is 3. The van der Waals surface area contributed by atoms with Crippen LogP contribution in [0.1, 0.15) is 24.7 Å². The van der Waals surface area contributed by atoms with E-state index in [0.717, 1.165) is 6.42 Å². The van der Waals surface area contributed by atoms with E-state index in [9.17, 15) is 14.4 Å². The second kappa shape index (κ2) is 8.03. The number of carbonyl (C=O) groups excluding carboxylic acids is 1. The average Bonchev–Trinajstić information content (AvgIpc) is 3.11. The minimum Gasteiger partial charge on any atom is -0.343 e. The second-order valence-electron chi connectivity index (χ2n) is 6.41. The highest BCUT2D eigenvalue weighted by molar-refractivity contribution is 5.76. The van der Waals surface area contributed by atoms with Crippen molar-refractivity contribution in [3.05, 3.63) is 62.6 Å². The molecule has 0 spiro atoms.